The Balaban J connectivity index is 1.45. The highest BCUT2D eigenvalue weighted by Gasteiger charge is 2.41. The van der Waals surface area contributed by atoms with Crippen LogP contribution in [-0.2, 0) is 11.3 Å². The van der Waals surface area contributed by atoms with E-state index in [1.165, 1.54) is 23.4 Å². The van der Waals surface area contributed by atoms with E-state index in [1.54, 1.807) is 13.0 Å². The number of aromatic nitrogens is 2. The average molecular weight is 459 g/mol. The summed E-state index contributed by atoms with van der Waals surface area (Å²) in [5.41, 5.74) is 2.32. The van der Waals surface area contributed by atoms with Gasteiger partial charge in [0.1, 0.15) is 36.0 Å². The first kappa shape index (κ1) is 21.8. The number of nitrogens with one attached hydrogen (secondary N) is 1. The standard InChI is InChI=1S/C23H24F3N5O2/c1-11-2-3-12(24)4-15(11)18-6-14(26)9-31(18)23(33)21-20-17(8-27-21)28-10-29-22(20)30-16-5-13(25)7-19(16)32/h2-4,10,13-14,16,18-19,32H,5-9H2,1H3,(H,28,29,30)/t13-,14-,16-,18+,19-/m0/s1. The smallest absolute Gasteiger partial charge is 0.273 e. The number of hydrogen-bond acceptors (Lipinski definition) is 6. The van der Waals surface area contributed by atoms with Crippen molar-refractivity contribution in [2.45, 2.75) is 63.3 Å². The van der Waals surface area contributed by atoms with Gasteiger partial charge in [-0.2, -0.15) is 0 Å². The van der Waals surface area contributed by atoms with Gasteiger partial charge in [-0.05, 0) is 30.2 Å². The molecule has 0 spiro atoms. The van der Waals surface area contributed by atoms with Crippen LogP contribution in [0, 0.1) is 12.7 Å². The molecular weight excluding hydrogens is 435 g/mol. The van der Waals surface area contributed by atoms with Crippen LogP contribution in [0.4, 0.5) is 19.0 Å². The fourth-order valence-electron chi connectivity index (χ4n) is 5.00. The van der Waals surface area contributed by atoms with Crippen LogP contribution < -0.4 is 5.32 Å². The SMILES string of the molecule is Cc1ccc(F)cc1[C@H]1C[C@H](F)CN1C(=O)C1=NCc2ncnc(N[C@H]3C[C@H](F)C[C@@H]3O)c21. The van der Waals surface area contributed by atoms with Gasteiger partial charge in [0, 0.05) is 19.3 Å². The molecule has 7 nitrogen and oxygen atoms in total. The van der Waals surface area contributed by atoms with Crippen LogP contribution in [0.3, 0.4) is 0 Å². The molecular formula is C23H24F3N5O2. The van der Waals surface area contributed by atoms with Crippen molar-refractivity contribution in [3.63, 3.8) is 0 Å². The first-order chi connectivity index (χ1) is 15.8. The lowest BCUT2D eigenvalue weighted by atomic mass is 9.98. The molecule has 33 heavy (non-hydrogen) atoms. The van der Waals surface area contributed by atoms with Crippen molar-refractivity contribution in [3.05, 3.63) is 52.7 Å². The molecule has 1 aliphatic carbocycles. The molecule has 5 rings (SSSR count). The number of hydrogen-bond donors (Lipinski definition) is 2. The minimum Gasteiger partial charge on any atom is -0.391 e. The molecule has 0 unspecified atom stereocenters. The fourth-order valence-corrected chi connectivity index (χ4v) is 5.00. The molecule has 3 heterocycles. The minimum absolute atomic E-state index is 0.0329. The van der Waals surface area contributed by atoms with Gasteiger partial charge in [0.2, 0.25) is 0 Å². The monoisotopic (exact) mass is 459 g/mol. The van der Waals surface area contributed by atoms with Crippen molar-refractivity contribution in [2.75, 3.05) is 11.9 Å². The molecule has 1 saturated carbocycles. The second kappa shape index (κ2) is 8.40. The molecule has 2 aromatic rings. The second-order valence-corrected chi connectivity index (χ2v) is 8.90. The van der Waals surface area contributed by atoms with Crippen LogP contribution in [0.25, 0.3) is 0 Å². The third-order valence-electron chi connectivity index (χ3n) is 6.66. The highest BCUT2D eigenvalue weighted by atomic mass is 19.1. The number of nitrogens with zero attached hydrogens (tertiary/aromatic N) is 4. The van der Waals surface area contributed by atoms with Crippen molar-refractivity contribution in [2.24, 2.45) is 4.99 Å². The van der Waals surface area contributed by atoms with E-state index >= 15 is 0 Å². The van der Waals surface area contributed by atoms with Gasteiger partial charge in [0.15, 0.2) is 0 Å². The zero-order valence-electron chi connectivity index (χ0n) is 18.0. The van der Waals surface area contributed by atoms with E-state index < -0.39 is 42.3 Å². The normalized spacial score (nSPS) is 28.7. The first-order valence-corrected chi connectivity index (χ1v) is 11.0. The summed E-state index contributed by atoms with van der Waals surface area (Å²) in [6.45, 7) is 1.82. The van der Waals surface area contributed by atoms with Gasteiger partial charge in [-0.1, -0.05) is 6.07 Å². The van der Waals surface area contributed by atoms with E-state index in [0.717, 1.165) is 5.56 Å². The molecule has 1 aromatic carbocycles. The Labute approximate surface area is 188 Å². The number of aryl methyl sites for hydroxylation is 1. The summed E-state index contributed by atoms with van der Waals surface area (Å²) in [6.07, 6.45) is -1.70. The van der Waals surface area contributed by atoms with Gasteiger partial charge >= 0.3 is 0 Å². The summed E-state index contributed by atoms with van der Waals surface area (Å²) in [4.78, 5) is 27.8. The minimum atomic E-state index is -1.25. The van der Waals surface area contributed by atoms with Crippen molar-refractivity contribution >= 4 is 17.4 Å². The first-order valence-electron chi connectivity index (χ1n) is 11.0. The van der Waals surface area contributed by atoms with E-state index in [-0.39, 0.29) is 43.9 Å². The topological polar surface area (TPSA) is 90.7 Å². The molecule has 5 atom stereocenters. The Bertz CT molecular complexity index is 1130. The lowest BCUT2D eigenvalue weighted by molar-refractivity contribution is -0.125. The fraction of sp³-hybridized carbons (Fsp3) is 0.478. The summed E-state index contributed by atoms with van der Waals surface area (Å²) in [7, 11) is 0. The zero-order chi connectivity index (χ0) is 23.3. The number of aliphatic hydroxyl groups is 1. The molecule has 10 heteroatoms. The maximum Gasteiger partial charge on any atom is 0.273 e. The summed E-state index contributed by atoms with van der Waals surface area (Å²) >= 11 is 0. The molecule has 0 radical (unpaired) electrons. The molecule has 3 aliphatic rings. The van der Waals surface area contributed by atoms with Crippen LogP contribution in [0.1, 0.15) is 47.7 Å². The molecule has 1 saturated heterocycles. The Morgan fingerprint density at radius 1 is 1.18 bits per heavy atom. The third kappa shape index (κ3) is 3.96. The van der Waals surface area contributed by atoms with Crippen LogP contribution in [0.5, 0.6) is 0 Å². The van der Waals surface area contributed by atoms with E-state index in [2.05, 4.69) is 20.3 Å². The maximum atomic E-state index is 14.5. The van der Waals surface area contributed by atoms with Crippen molar-refractivity contribution in [1.82, 2.24) is 14.9 Å². The number of alkyl halides is 2. The lowest BCUT2D eigenvalue weighted by Crippen LogP contribution is -2.38. The molecule has 0 bridgehead atoms. The van der Waals surface area contributed by atoms with Gasteiger partial charge in [0.05, 0.1) is 42.5 Å². The number of anilines is 1. The number of fused-ring (bicyclic) bond motifs is 1. The zero-order valence-corrected chi connectivity index (χ0v) is 18.0. The summed E-state index contributed by atoms with van der Waals surface area (Å²) in [5.74, 6) is -0.650. The number of aliphatic hydroxyl groups excluding tert-OH is 1. The van der Waals surface area contributed by atoms with E-state index in [1.807, 2.05) is 0 Å². The number of likely N-dealkylation sites (tertiary alicyclic amines) is 1. The Kier molecular flexibility index (Phi) is 5.55. The number of aliphatic imine (C=N–C) groups is 1. The van der Waals surface area contributed by atoms with Crippen molar-refractivity contribution in [3.8, 4) is 0 Å². The Morgan fingerprint density at radius 3 is 2.76 bits per heavy atom. The van der Waals surface area contributed by atoms with Crippen LogP contribution in [0.2, 0.25) is 0 Å². The van der Waals surface area contributed by atoms with Gasteiger partial charge in [-0.15, -0.1) is 0 Å². The number of rotatable bonds is 4. The molecule has 2 fully saturated rings. The summed E-state index contributed by atoms with van der Waals surface area (Å²) in [5, 5.41) is 13.2. The Hall–Kier alpha value is -3.01. The van der Waals surface area contributed by atoms with Gasteiger partial charge in [-0.3, -0.25) is 9.79 Å². The van der Waals surface area contributed by atoms with Gasteiger partial charge in [0.25, 0.3) is 5.91 Å². The molecule has 2 aliphatic heterocycles. The molecule has 174 valence electrons. The summed E-state index contributed by atoms with van der Waals surface area (Å²) < 4.78 is 42.2. The quantitative estimate of drug-likeness (QED) is 0.734. The lowest BCUT2D eigenvalue weighted by Gasteiger charge is -2.26. The predicted molar refractivity (Wildman–Crippen MR) is 115 cm³/mol. The van der Waals surface area contributed by atoms with Gasteiger partial charge in [-0.25, -0.2) is 23.1 Å². The number of amides is 1. The van der Waals surface area contributed by atoms with Crippen LogP contribution in [0.15, 0.2) is 29.5 Å². The van der Waals surface area contributed by atoms with E-state index in [9.17, 15) is 23.1 Å². The van der Waals surface area contributed by atoms with Crippen molar-refractivity contribution in [1.29, 1.82) is 0 Å². The number of carbonyl (C=O) groups is 1. The Morgan fingerprint density at radius 2 is 2.00 bits per heavy atom. The molecule has 2 N–H and O–H groups in total. The van der Waals surface area contributed by atoms with E-state index in [0.29, 0.717) is 16.8 Å². The van der Waals surface area contributed by atoms with Crippen LogP contribution >= 0.6 is 0 Å². The average Bonchev–Trinajstić information content (AvgIpc) is 3.46. The largest absolute Gasteiger partial charge is 0.391 e. The highest BCUT2D eigenvalue weighted by Crippen LogP contribution is 2.37. The van der Waals surface area contributed by atoms with Crippen molar-refractivity contribution < 1.29 is 23.1 Å². The number of halogens is 3. The third-order valence-corrected chi connectivity index (χ3v) is 6.66. The highest BCUT2D eigenvalue weighted by molar-refractivity contribution is 6.47. The van der Waals surface area contributed by atoms with Gasteiger partial charge < -0.3 is 15.3 Å². The summed E-state index contributed by atoms with van der Waals surface area (Å²) in [6, 6.07) is 3.11. The van der Waals surface area contributed by atoms with E-state index in [4.69, 9.17) is 0 Å². The molecule has 1 amide bonds. The second-order valence-electron chi connectivity index (χ2n) is 8.90. The van der Waals surface area contributed by atoms with Crippen LogP contribution in [-0.4, -0.2) is 62.6 Å². The predicted octanol–water partition coefficient (Wildman–Crippen LogP) is 2.81. The number of carbonyl (C=O) groups excluding carboxylic acids is 1. The maximum absolute atomic E-state index is 14.5. The number of benzene rings is 1. The molecule has 1 aromatic heterocycles.